The van der Waals surface area contributed by atoms with Crippen molar-refractivity contribution in [1.82, 2.24) is 5.32 Å². The molecule has 45 heavy (non-hydrogen) atoms. The van der Waals surface area contributed by atoms with Gasteiger partial charge >= 0.3 is 0 Å². The zero-order chi connectivity index (χ0) is 32.9. The van der Waals surface area contributed by atoms with Gasteiger partial charge in [0.2, 0.25) is 5.91 Å². The number of nitrogens with one attached hydrogen (secondary N) is 1. The molecule has 0 bridgehead atoms. The van der Waals surface area contributed by atoms with Crippen LogP contribution in [0.25, 0.3) is 0 Å². The number of unbranched alkanes of at least 4 members (excludes halogenated alkanes) is 28. The van der Waals surface area contributed by atoms with Crippen LogP contribution in [0.5, 0.6) is 0 Å². The first-order valence-corrected chi connectivity index (χ1v) is 20.4. The predicted octanol–water partition coefficient (Wildman–Crippen LogP) is 12.3. The molecule has 0 aromatic rings. The molecule has 0 saturated carbocycles. The van der Waals surface area contributed by atoms with E-state index in [1.54, 1.807) is 0 Å². The summed E-state index contributed by atoms with van der Waals surface area (Å²) in [6, 6.07) is -0.536. The molecular weight excluding hydrogens is 554 g/mol. The maximum atomic E-state index is 12.4. The van der Waals surface area contributed by atoms with Gasteiger partial charge < -0.3 is 15.5 Å². The lowest BCUT2D eigenvalue weighted by Gasteiger charge is -2.22. The number of aliphatic hydroxyl groups excluding tert-OH is 2. The fourth-order valence-electron chi connectivity index (χ4n) is 6.36. The van der Waals surface area contributed by atoms with E-state index in [9.17, 15) is 15.0 Å². The topological polar surface area (TPSA) is 69.6 Å². The van der Waals surface area contributed by atoms with Crippen molar-refractivity contribution in [2.75, 3.05) is 6.61 Å². The molecule has 0 radical (unpaired) electrons. The lowest BCUT2D eigenvalue weighted by molar-refractivity contribution is -0.123. The number of rotatable bonds is 37. The van der Waals surface area contributed by atoms with Gasteiger partial charge in [0.05, 0.1) is 18.8 Å². The van der Waals surface area contributed by atoms with Gasteiger partial charge in [-0.25, -0.2) is 0 Å². The summed E-state index contributed by atoms with van der Waals surface area (Å²) in [5, 5.41) is 23.1. The van der Waals surface area contributed by atoms with Crippen molar-refractivity contribution in [1.29, 1.82) is 0 Å². The number of amides is 1. The third-order valence-electron chi connectivity index (χ3n) is 9.53. The lowest BCUT2D eigenvalue weighted by Crippen LogP contribution is -2.45. The highest BCUT2D eigenvalue weighted by Crippen LogP contribution is 2.15. The van der Waals surface area contributed by atoms with Gasteiger partial charge in [-0.05, 0) is 38.5 Å². The molecule has 0 rings (SSSR count). The quantitative estimate of drug-likeness (QED) is 0.0470. The first-order chi connectivity index (χ1) is 22.2. The van der Waals surface area contributed by atoms with E-state index in [2.05, 4.69) is 31.3 Å². The van der Waals surface area contributed by atoms with Crippen LogP contribution in [-0.2, 0) is 4.79 Å². The maximum absolute atomic E-state index is 12.4. The Bertz CT molecular complexity index is 608. The van der Waals surface area contributed by atoms with Crippen LogP contribution in [0.3, 0.4) is 0 Å². The Morgan fingerprint density at radius 1 is 0.511 bits per heavy atom. The Hall–Kier alpha value is -0.870. The first kappa shape index (κ1) is 44.1. The van der Waals surface area contributed by atoms with E-state index in [-0.39, 0.29) is 12.5 Å². The fourth-order valence-corrected chi connectivity index (χ4v) is 6.36. The van der Waals surface area contributed by atoms with E-state index in [0.717, 1.165) is 25.7 Å². The standard InChI is InChI=1S/C41H81NO3/c1-3-5-7-9-11-13-15-17-19-20-21-23-25-27-29-31-33-35-37-41(45)42-39(38-43)40(44)36-34-32-30-28-26-24-22-18-16-14-12-10-8-6-4-2/h21,23,39-40,43-44H,3-20,22,24-38H2,1-2H3,(H,42,45)/b23-21-. The minimum atomic E-state index is -0.658. The number of aliphatic hydroxyl groups is 2. The Kier molecular flexibility index (Phi) is 36.9. The maximum Gasteiger partial charge on any atom is 0.220 e. The van der Waals surface area contributed by atoms with Crippen LogP contribution in [0.4, 0.5) is 0 Å². The molecule has 268 valence electrons. The summed E-state index contributed by atoms with van der Waals surface area (Å²) in [4.78, 5) is 12.4. The molecule has 0 fully saturated rings. The van der Waals surface area contributed by atoms with Crippen LogP contribution in [0.2, 0.25) is 0 Å². The average Bonchev–Trinajstić information content (AvgIpc) is 3.04. The van der Waals surface area contributed by atoms with Gasteiger partial charge in [-0.1, -0.05) is 193 Å². The molecule has 0 saturated heterocycles. The van der Waals surface area contributed by atoms with E-state index in [1.165, 1.54) is 173 Å². The highest BCUT2D eigenvalue weighted by Gasteiger charge is 2.19. The van der Waals surface area contributed by atoms with Crippen LogP contribution >= 0.6 is 0 Å². The Morgan fingerprint density at radius 2 is 0.844 bits per heavy atom. The SMILES string of the molecule is CCCCCCCCCCC/C=C\CCCCCCCC(=O)NC(CO)C(O)CCCCCCCCCCCCCCCCC. The Balaban J connectivity index is 3.53. The van der Waals surface area contributed by atoms with Crippen molar-refractivity contribution in [2.24, 2.45) is 0 Å². The van der Waals surface area contributed by atoms with Crippen molar-refractivity contribution < 1.29 is 15.0 Å². The molecule has 1 amide bonds. The highest BCUT2D eigenvalue weighted by atomic mass is 16.3. The molecule has 4 nitrogen and oxygen atoms in total. The zero-order valence-electron chi connectivity index (χ0n) is 30.7. The Morgan fingerprint density at radius 3 is 1.22 bits per heavy atom. The third kappa shape index (κ3) is 34.3. The van der Waals surface area contributed by atoms with Crippen molar-refractivity contribution >= 4 is 5.91 Å². The third-order valence-corrected chi connectivity index (χ3v) is 9.53. The second kappa shape index (κ2) is 37.6. The number of carbonyl (C=O) groups is 1. The molecule has 2 atom stereocenters. The van der Waals surface area contributed by atoms with Crippen LogP contribution in [-0.4, -0.2) is 34.9 Å². The summed E-state index contributed by atoms with van der Waals surface area (Å²) < 4.78 is 0. The molecule has 3 N–H and O–H groups in total. The minimum absolute atomic E-state index is 0.0379. The molecule has 0 aliphatic rings. The zero-order valence-corrected chi connectivity index (χ0v) is 30.7. The molecule has 0 aliphatic heterocycles. The lowest BCUT2D eigenvalue weighted by atomic mass is 10.0. The van der Waals surface area contributed by atoms with Crippen molar-refractivity contribution in [2.45, 2.75) is 238 Å². The minimum Gasteiger partial charge on any atom is -0.394 e. The smallest absolute Gasteiger partial charge is 0.220 e. The summed E-state index contributed by atoms with van der Waals surface area (Å²) in [7, 11) is 0. The number of hydrogen-bond donors (Lipinski definition) is 3. The predicted molar refractivity (Wildman–Crippen MR) is 198 cm³/mol. The van der Waals surface area contributed by atoms with Crippen molar-refractivity contribution in [3.05, 3.63) is 12.2 Å². The molecule has 2 unspecified atom stereocenters. The van der Waals surface area contributed by atoms with Gasteiger partial charge in [-0.15, -0.1) is 0 Å². The monoisotopic (exact) mass is 636 g/mol. The molecule has 0 aromatic heterocycles. The van der Waals surface area contributed by atoms with Crippen molar-refractivity contribution in [3.8, 4) is 0 Å². The van der Waals surface area contributed by atoms with E-state index in [0.29, 0.717) is 12.8 Å². The van der Waals surface area contributed by atoms with E-state index >= 15 is 0 Å². The second-order valence-electron chi connectivity index (χ2n) is 14.1. The van der Waals surface area contributed by atoms with Crippen LogP contribution in [0.15, 0.2) is 12.2 Å². The molecule has 4 heteroatoms. The summed E-state index contributed by atoms with van der Waals surface area (Å²) >= 11 is 0. The molecule has 0 heterocycles. The van der Waals surface area contributed by atoms with Crippen LogP contribution < -0.4 is 5.32 Å². The average molecular weight is 636 g/mol. The molecule has 0 aliphatic carbocycles. The number of allylic oxidation sites excluding steroid dienone is 2. The Labute approximate surface area is 282 Å². The van der Waals surface area contributed by atoms with Gasteiger partial charge in [0, 0.05) is 6.42 Å². The number of hydrogen-bond acceptors (Lipinski definition) is 3. The van der Waals surface area contributed by atoms with Gasteiger partial charge in [-0.3, -0.25) is 4.79 Å². The molecular formula is C41H81NO3. The normalized spacial score (nSPS) is 13.1. The van der Waals surface area contributed by atoms with E-state index in [1.807, 2.05) is 0 Å². The van der Waals surface area contributed by atoms with Crippen LogP contribution in [0, 0.1) is 0 Å². The van der Waals surface area contributed by atoms with Gasteiger partial charge in [0.1, 0.15) is 0 Å². The first-order valence-electron chi connectivity index (χ1n) is 20.4. The van der Waals surface area contributed by atoms with Gasteiger partial charge in [0.25, 0.3) is 0 Å². The largest absolute Gasteiger partial charge is 0.394 e. The van der Waals surface area contributed by atoms with Gasteiger partial charge in [0.15, 0.2) is 0 Å². The van der Waals surface area contributed by atoms with Gasteiger partial charge in [-0.2, -0.15) is 0 Å². The van der Waals surface area contributed by atoms with Crippen LogP contribution in [0.1, 0.15) is 226 Å². The second-order valence-corrected chi connectivity index (χ2v) is 14.1. The highest BCUT2D eigenvalue weighted by molar-refractivity contribution is 5.76. The summed E-state index contributed by atoms with van der Waals surface area (Å²) in [6.45, 7) is 4.36. The molecule has 0 aromatic carbocycles. The summed E-state index contributed by atoms with van der Waals surface area (Å²) in [5.74, 6) is -0.0379. The van der Waals surface area contributed by atoms with E-state index in [4.69, 9.17) is 0 Å². The summed E-state index contributed by atoms with van der Waals surface area (Å²) in [6.07, 6.45) is 45.6. The summed E-state index contributed by atoms with van der Waals surface area (Å²) in [5.41, 5.74) is 0. The number of carbonyl (C=O) groups excluding carboxylic acids is 1. The molecule has 0 spiro atoms. The fraction of sp³-hybridized carbons (Fsp3) is 0.927. The van der Waals surface area contributed by atoms with Crippen molar-refractivity contribution in [3.63, 3.8) is 0 Å². The van der Waals surface area contributed by atoms with E-state index < -0.39 is 12.1 Å².